The summed E-state index contributed by atoms with van der Waals surface area (Å²) in [6.07, 6.45) is 10.2. The third-order valence-electron chi connectivity index (χ3n) is 17.4. The van der Waals surface area contributed by atoms with Crippen molar-refractivity contribution in [3.63, 3.8) is 0 Å². The van der Waals surface area contributed by atoms with Crippen LogP contribution in [0.1, 0.15) is 119 Å². The van der Waals surface area contributed by atoms with E-state index < -0.39 is 18.2 Å². The average Bonchev–Trinajstić information content (AvgIpc) is 1.00. The zero-order valence-corrected chi connectivity index (χ0v) is 57.9. The summed E-state index contributed by atoms with van der Waals surface area (Å²) in [6, 6.07) is 15.8. The maximum Gasteiger partial charge on any atom is 0.356 e. The van der Waals surface area contributed by atoms with Gasteiger partial charge in [0, 0.05) is 138 Å². The van der Waals surface area contributed by atoms with E-state index in [0.717, 1.165) is 126 Å². The Hall–Kier alpha value is -7.84. The minimum Gasteiger partial charge on any atom is -0.486 e. The number of carbonyl (C=O) groups is 4. The van der Waals surface area contributed by atoms with E-state index in [1.165, 1.54) is 55.0 Å². The number of anilines is 4. The number of oxazole rings is 2. The largest absolute Gasteiger partial charge is 0.486 e. The van der Waals surface area contributed by atoms with Crippen LogP contribution in [-0.2, 0) is 53.5 Å². The maximum atomic E-state index is 13.2. The van der Waals surface area contributed by atoms with Crippen molar-refractivity contribution in [1.82, 2.24) is 54.8 Å². The second-order valence-electron chi connectivity index (χ2n) is 24.4. The fraction of sp³-hybridized carbons (Fsp3) is 0.545. The summed E-state index contributed by atoms with van der Waals surface area (Å²) in [5, 5.41) is 37.0. The van der Waals surface area contributed by atoms with E-state index in [1.807, 2.05) is 26.0 Å². The van der Waals surface area contributed by atoms with Crippen LogP contribution in [0.4, 0.5) is 23.5 Å². The molecular formula is C66H96N16O12S2. The molecule has 6 aromatic rings. The first-order valence-corrected chi connectivity index (χ1v) is 32.4. The average molecular weight is 1370 g/mol. The van der Waals surface area contributed by atoms with Crippen molar-refractivity contribution >= 4 is 74.2 Å². The molecule has 524 valence electrons. The van der Waals surface area contributed by atoms with Crippen LogP contribution in [0.25, 0.3) is 0 Å². The molecule has 30 heteroatoms. The number of esters is 1. The Bertz CT molecular complexity index is 3470. The lowest BCUT2D eigenvalue weighted by Gasteiger charge is -2.39. The van der Waals surface area contributed by atoms with Gasteiger partial charge in [0.05, 0.1) is 42.8 Å². The molecular weight excluding hydrogens is 1270 g/mol. The molecule has 2 aromatic carbocycles. The third kappa shape index (κ3) is 21.3. The summed E-state index contributed by atoms with van der Waals surface area (Å²) in [4.78, 5) is 86.5. The lowest BCUT2D eigenvalue weighted by atomic mass is 9.99. The summed E-state index contributed by atoms with van der Waals surface area (Å²) < 4.78 is 27.2. The fourth-order valence-electron chi connectivity index (χ4n) is 11.8. The number of piperidine rings is 2. The monoisotopic (exact) mass is 1370 g/mol. The number of benzene rings is 2. The van der Waals surface area contributed by atoms with Crippen molar-refractivity contribution < 1.29 is 57.5 Å². The highest BCUT2D eigenvalue weighted by Crippen LogP contribution is 2.29. The molecule has 0 spiro atoms. The van der Waals surface area contributed by atoms with Gasteiger partial charge in [-0.2, -0.15) is 37.0 Å². The Labute approximate surface area is 575 Å². The molecule has 4 aromatic heterocycles. The molecule has 12 rings (SSSR count). The molecule has 0 saturated carbocycles. The topological polar surface area (TPSA) is 342 Å². The summed E-state index contributed by atoms with van der Waals surface area (Å²) in [7, 11) is 2.34. The number of aliphatic hydroxyl groups is 3. The molecule has 6 aliphatic heterocycles. The lowest BCUT2D eigenvalue weighted by molar-refractivity contribution is -0.133. The number of aromatic nitrogens is 6. The van der Waals surface area contributed by atoms with Gasteiger partial charge in [0.15, 0.2) is 30.0 Å². The predicted octanol–water partition coefficient (Wildman–Crippen LogP) is 4.10. The minimum absolute atomic E-state index is 0. The van der Waals surface area contributed by atoms with Crippen LogP contribution in [0.5, 0.6) is 11.5 Å². The molecule has 3 amide bonds. The zero-order valence-electron chi connectivity index (χ0n) is 55.9. The van der Waals surface area contributed by atoms with Crippen molar-refractivity contribution in [2.45, 2.75) is 130 Å². The van der Waals surface area contributed by atoms with E-state index in [1.54, 1.807) is 35.8 Å². The van der Waals surface area contributed by atoms with Gasteiger partial charge in [-0.15, -0.1) is 0 Å². The summed E-state index contributed by atoms with van der Waals surface area (Å²) >= 11 is 0. The van der Waals surface area contributed by atoms with Gasteiger partial charge >= 0.3 is 5.97 Å². The highest BCUT2D eigenvalue weighted by molar-refractivity contribution is 7.59. The number of amides is 3. The normalized spacial score (nSPS) is 16.8. The zero-order chi connectivity index (χ0) is 66.7. The number of likely N-dealkylation sites (tertiary alicyclic amines) is 2. The Kier molecular flexibility index (Phi) is 29.1. The van der Waals surface area contributed by atoms with Gasteiger partial charge in [-0.25, -0.2) is 24.7 Å². The van der Waals surface area contributed by atoms with E-state index in [-0.39, 0.29) is 74.7 Å². The van der Waals surface area contributed by atoms with Crippen LogP contribution in [0, 0.1) is 13.8 Å². The first kappa shape index (κ1) is 75.5. The van der Waals surface area contributed by atoms with E-state index in [4.69, 9.17) is 38.9 Å². The number of aryl methyl sites for hydroxylation is 2. The second kappa shape index (κ2) is 37.0. The molecule has 0 bridgehead atoms. The fourth-order valence-corrected chi connectivity index (χ4v) is 11.8. The lowest BCUT2D eigenvalue weighted by Crippen LogP contribution is -2.56. The molecule has 6 aliphatic rings. The van der Waals surface area contributed by atoms with Crippen molar-refractivity contribution in [2.24, 2.45) is 5.73 Å². The molecule has 0 radical (unpaired) electrons. The van der Waals surface area contributed by atoms with Crippen molar-refractivity contribution in [2.75, 3.05) is 126 Å². The predicted molar refractivity (Wildman–Crippen MR) is 371 cm³/mol. The number of β-amino-alcohol motifs (C(OH)–C–C–N with tert-alkyl or cyclic N) is 2. The molecule has 4 saturated heterocycles. The van der Waals surface area contributed by atoms with Crippen LogP contribution < -0.4 is 41.0 Å². The Balaban J connectivity index is 0.000000216. The van der Waals surface area contributed by atoms with Crippen LogP contribution in [0.15, 0.2) is 70.2 Å². The number of hydrogen-bond acceptors (Lipinski definition) is 25. The number of hydrogen-bond donors (Lipinski definition) is 7. The number of nitrogens with zero attached hydrogens (tertiary/aromatic N) is 12. The molecule has 4 fully saturated rings. The molecule has 0 aliphatic carbocycles. The van der Waals surface area contributed by atoms with Gasteiger partial charge in [0.2, 0.25) is 23.7 Å². The Morgan fingerprint density at radius 2 is 1.14 bits per heavy atom. The first-order chi connectivity index (χ1) is 45.5. The molecule has 0 unspecified atom stereocenters. The molecule has 8 N–H and O–H groups in total. The first-order valence-electron chi connectivity index (χ1n) is 32.4. The smallest absolute Gasteiger partial charge is 0.356 e. The van der Waals surface area contributed by atoms with Crippen LogP contribution in [-0.4, -0.2) is 219 Å². The standard InChI is InChI=1S/C32H42N8O5.C17H23N3O3.C16H23N5O3.CH4O.2H2S/c1-21-29(45-20-34-21)19-44-27-7-6-24-15-38(11-8-23(24)12-27)18-26(42)14-33-31(43)28-13-30(39-9-4-3-5-10-39)37-32(36-28)35-25-16-40(17-25)22(2)41;1-12-17(23-11-19-12)10-22-16-3-2-14-8-20(9-15(21)7-18)5-4-13(14)6-16;1-11(22)21-9-12(10-21)17-14-8-13(15(23)24-2)18-16(19-14)20-6-4-3-5-7-20;1-2;;/h6-7,12-13,20,25-26,42H,3-5,8-11,14-19H2,1-2H3,(H,33,43)(H,35,36,37);2-3,6,11,15,21H,4-5,7-10,18H2,1H3;8,12H,3-7,9-10H2,1-2H3,(H,17,18,19);2H,1H3;2*1H2/t26-;15-;;;;/m00..../s1. The van der Waals surface area contributed by atoms with Crippen molar-refractivity contribution in [1.29, 1.82) is 0 Å². The molecule has 96 heavy (non-hydrogen) atoms. The summed E-state index contributed by atoms with van der Waals surface area (Å²) in [5.74, 6) is 4.64. The number of nitrogens with one attached hydrogen (secondary N) is 3. The van der Waals surface area contributed by atoms with Crippen LogP contribution >= 0.6 is 27.0 Å². The number of fused-ring (bicyclic) bond motifs is 2. The second-order valence-corrected chi connectivity index (χ2v) is 24.4. The van der Waals surface area contributed by atoms with Gasteiger partial charge in [-0.3, -0.25) is 24.2 Å². The van der Waals surface area contributed by atoms with Gasteiger partial charge in [0.25, 0.3) is 5.91 Å². The number of methoxy groups -OCH3 is 1. The highest BCUT2D eigenvalue weighted by atomic mass is 32.1. The molecule has 10 heterocycles. The number of carbonyl (C=O) groups excluding carboxylic acids is 4. The van der Waals surface area contributed by atoms with E-state index in [0.29, 0.717) is 89.1 Å². The van der Waals surface area contributed by atoms with E-state index >= 15 is 0 Å². The van der Waals surface area contributed by atoms with Gasteiger partial charge < -0.3 is 79.6 Å². The van der Waals surface area contributed by atoms with Gasteiger partial charge in [-0.05, 0) is 112 Å². The SMILES string of the molecule is CC(=O)N1CC(Nc2nc(C(=O)NC[C@H](O)CN3CCc4cc(OCc5ocnc5C)ccc4C3)cc(N3CCCCC3)n2)C1.CO.COC(=O)c1cc(NC2CN(C(C)=O)C2)nc(N2CCCCC2)n1.Cc1ncoc1COc1ccc2c(c1)CCN(C[C@@H](O)CN)C2.S.S. The number of nitrogens with two attached hydrogens (primary N) is 1. The van der Waals surface area contributed by atoms with Crippen molar-refractivity contribution in [3.05, 3.63) is 118 Å². The molecule has 28 nitrogen and oxygen atoms in total. The van der Waals surface area contributed by atoms with E-state index in [2.05, 4.69) is 84.7 Å². The van der Waals surface area contributed by atoms with Gasteiger partial charge in [0.1, 0.15) is 42.0 Å². The van der Waals surface area contributed by atoms with E-state index in [9.17, 15) is 29.4 Å². The Morgan fingerprint density at radius 1 is 0.625 bits per heavy atom. The minimum atomic E-state index is -0.739. The number of rotatable bonds is 21. The van der Waals surface area contributed by atoms with Crippen LogP contribution in [0.2, 0.25) is 0 Å². The quantitative estimate of drug-likeness (QED) is 0.0499. The number of aliphatic hydroxyl groups excluding tert-OH is 3. The Morgan fingerprint density at radius 3 is 1.62 bits per heavy atom. The molecule has 2 atom stereocenters. The highest BCUT2D eigenvalue weighted by Gasteiger charge is 2.32. The maximum absolute atomic E-state index is 13.2. The summed E-state index contributed by atoms with van der Waals surface area (Å²) in [6.45, 7) is 18.4. The third-order valence-corrected chi connectivity index (χ3v) is 17.4. The van der Waals surface area contributed by atoms with Gasteiger partial charge in [-0.1, -0.05) is 12.1 Å². The summed E-state index contributed by atoms with van der Waals surface area (Å²) in [5.41, 5.74) is 12.7. The van der Waals surface area contributed by atoms with Crippen LogP contribution in [0.3, 0.4) is 0 Å². The van der Waals surface area contributed by atoms with Crippen molar-refractivity contribution in [3.8, 4) is 11.5 Å². The number of ether oxygens (including phenoxy) is 3.